The van der Waals surface area contributed by atoms with Crippen molar-refractivity contribution in [1.82, 2.24) is 4.98 Å². The molecule has 2 aromatic rings. The lowest BCUT2D eigenvalue weighted by atomic mass is 10.0. The Morgan fingerprint density at radius 3 is 2.39 bits per heavy atom. The van der Waals surface area contributed by atoms with E-state index < -0.39 is 5.97 Å². The van der Waals surface area contributed by atoms with Crippen molar-refractivity contribution in [2.24, 2.45) is 0 Å². The van der Waals surface area contributed by atoms with Crippen LogP contribution in [0.4, 0.5) is 0 Å². The molecular formula is C14H13NO3. The van der Waals surface area contributed by atoms with Crippen LogP contribution in [0.5, 0.6) is 5.75 Å². The predicted molar refractivity (Wildman–Crippen MR) is 67.9 cm³/mol. The largest absolute Gasteiger partial charge is 0.497 e. The summed E-state index contributed by atoms with van der Waals surface area (Å²) in [6, 6.07) is 9.36. The summed E-state index contributed by atoms with van der Waals surface area (Å²) in [7, 11) is 1.61. The third-order valence-corrected chi connectivity index (χ3v) is 2.70. The van der Waals surface area contributed by atoms with Gasteiger partial charge in [0.2, 0.25) is 0 Å². The molecule has 4 heteroatoms. The van der Waals surface area contributed by atoms with Crippen molar-refractivity contribution in [1.29, 1.82) is 0 Å². The topological polar surface area (TPSA) is 59.4 Å². The van der Waals surface area contributed by atoms with Crippen LogP contribution < -0.4 is 4.74 Å². The minimum Gasteiger partial charge on any atom is -0.497 e. The highest BCUT2D eigenvalue weighted by molar-refractivity contribution is 5.87. The summed E-state index contributed by atoms with van der Waals surface area (Å²) in [5.74, 6) is -0.223. The summed E-state index contributed by atoms with van der Waals surface area (Å²) in [4.78, 5) is 14.8. The Bertz CT molecular complexity index is 576. The van der Waals surface area contributed by atoms with Crippen LogP contribution in [0.3, 0.4) is 0 Å². The second-order valence-electron chi connectivity index (χ2n) is 3.92. The van der Waals surface area contributed by atoms with Gasteiger partial charge in [-0.15, -0.1) is 0 Å². The van der Waals surface area contributed by atoms with Gasteiger partial charge in [0.05, 0.1) is 7.11 Å². The summed E-state index contributed by atoms with van der Waals surface area (Å²) < 4.78 is 5.09. The van der Waals surface area contributed by atoms with Crippen molar-refractivity contribution in [2.75, 3.05) is 7.11 Å². The number of benzene rings is 1. The zero-order chi connectivity index (χ0) is 13.1. The Hall–Kier alpha value is -2.36. The summed E-state index contributed by atoms with van der Waals surface area (Å²) in [5.41, 5.74) is 2.60. The molecular weight excluding hydrogens is 230 g/mol. The lowest BCUT2D eigenvalue weighted by molar-refractivity contribution is 0.0689. The van der Waals surface area contributed by atoms with Crippen molar-refractivity contribution < 1.29 is 14.6 Å². The van der Waals surface area contributed by atoms with E-state index in [1.54, 1.807) is 20.2 Å². The van der Waals surface area contributed by atoms with E-state index in [1.807, 2.05) is 30.3 Å². The van der Waals surface area contributed by atoms with Gasteiger partial charge in [-0.2, -0.15) is 0 Å². The van der Waals surface area contributed by atoms with Gasteiger partial charge in [0.1, 0.15) is 5.75 Å². The first-order valence-electron chi connectivity index (χ1n) is 5.46. The fraction of sp³-hybridized carbons (Fsp3) is 0.143. The molecule has 1 heterocycles. The Balaban J connectivity index is 2.39. The number of methoxy groups -OCH3 is 1. The summed E-state index contributed by atoms with van der Waals surface area (Å²) in [5, 5.41) is 8.92. The van der Waals surface area contributed by atoms with E-state index >= 15 is 0 Å². The average molecular weight is 243 g/mol. The molecule has 0 unspecified atom stereocenters. The first-order valence-corrected chi connectivity index (χ1v) is 5.46. The molecule has 0 spiro atoms. The summed E-state index contributed by atoms with van der Waals surface area (Å²) in [6.45, 7) is 1.74. The molecule has 0 aliphatic heterocycles. The van der Waals surface area contributed by atoms with Gasteiger partial charge in [0.25, 0.3) is 0 Å². The smallest absolute Gasteiger partial charge is 0.354 e. The fourth-order valence-electron chi connectivity index (χ4n) is 1.74. The van der Waals surface area contributed by atoms with Crippen LogP contribution in [0.25, 0.3) is 11.1 Å². The van der Waals surface area contributed by atoms with Crippen LogP contribution >= 0.6 is 0 Å². The number of aryl methyl sites for hydroxylation is 1. The number of carbonyl (C=O) groups is 1. The minimum atomic E-state index is -1.01. The van der Waals surface area contributed by atoms with Gasteiger partial charge in [-0.3, -0.25) is 0 Å². The summed E-state index contributed by atoms with van der Waals surface area (Å²) >= 11 is 0. The molecule has 4 nitrogen and oxygen atoms in total. The molecule has 0 atom stereocenters. The quantitative estimate of drug-likeness (QED) is 0.900. The maximum Gasteiger partial charge on any atom is 0.354 e. The Morgan fingerprint density at radius 1 is 1.22 bits per heavy atom. The third-order valence-electron chi connectivity index (χ3n) is 2.70. The molecule has 18 heavy (non-hydrogen) atoms. The second-order valence-corrected chi connectivity index (χ2v) is 3.92. The van der Waals surface area contributed by atoms with Crippen LogP contribution in [0.1, 0.15) is 16.1 Å². The number of carboxylic acid groups (broad SMARTS) is 1. The highest BCUT2D eigenvalue weighted by atomic mass is 16.5. The average Bonchev–Trinajstić information content (AvgIpc) is 2.38. The van der Waals surface area contributed by atoms with Gasteiger partial charge < -0.3 is 9.84 Å². The first-order chi connectivity index (χ1) is 8.61. The van der Waals surface area contributed by atoms with E-state index in [2.05, 4.69) is 4.98 Å². The number of carboxylic acids is 1. The first kappa shape index (κ1) is 12.1. The standard InChI is InChI=1S/C14H13NO3/c1-9-7-11(8-15-13(9)14(16)17)10-3-5-12(18-2)6-4-10/h3-8H,1-2H3,(H,16,17). The van der Waals surface area contributed by atoms with Crippen molar-refractivity contribution >= 4 is 5.97 Å². The molecule has 2 rings (SSSR count). The second kappa shape index (κ2) is 4.87. The number of rotatable bonds is 3. The van der Waals surface area contributed by atoms with E-state index in [0.29, 0.717) is 5.56 Å². The van der Waals surface area contributed by atoms with Crippen LogP contribution in [0.2, 0.25) is 0 Å². The van der Waals surface area contributed by atoms with E-state index in [4.69, 9.17) is 9.84 Å². The molecule has 1 N–H and O–H groups in total. The lowest BCUT2D eigenvalue weighted by Gasteiger charge is -2.06. The van der Waals surface area contributed by atoms with Gasteiger partial charge in [-0.1, -0.05) is 12.1 Å². The van der Waals surface area contributed by atoms with Crippen molar-refractivity contribution in [2.45, 2.75) is 6.92 Å². The fourth-order valence-corrected chi connectivity index (χ4v) is 1.74. The maximum absolute atomic E-state index is 10.9. The minimum absolute atomic E-state index is 0.0901. The van der Waals surface area contributed by atoms with Crippen LogP contribution in [-0.4, -0.2) is 23.2 Å². The number of ether oxygens (including phenoxy) is 1. The third kappa shape index (κ3) is 2.32. The zero-order valence-corrected chi connectivity index (χ0v) is 10.2. The molecule has 0 aliphatic carbocycles. The highest BCUT2D eigenvalue weighted by Gasteiger charge is 2.09. The Labute approximate surface area is 105 Å². The molecule has 1 aromatic carbocycles. The molecule has 1 aromatic heterocycles. The lowest BCUT2D eigenvalue weighted by Crippen LogP contribution is -2.03. The van der Waals surface area contributed by atoms with Crippen LogP contribution in [-0.2, 0) is 0 Å². The number of hydrogen-bond donors (Lipinski definition) is 1. The number of hydrogen-bond acceptors (Lipinski definition) is 3. The zero-order valence-electron chi connectivity index (χ0n) is 10.2. The van der Waals surface area contributed by atoms with Crippen LogP contribution in [0.15, 0.2) is 36.5 Å². The van der Waals surface area contributed by atoms with E-state index in [-0.39, 0.29) is 5.69 Å². The van der Waals surface area contributed by atoms with Crippen molar-refractivity contribution in [3.8, 4) is 16.9 Å². The van der Waals surface area contributed by atoms with Gasteiger partial charge in [-0.25, -0.2) is 9.78 Å². The molecule has 0 amide bonds. The Kier molecular flexibility index (Phi) is 3.28. The SMILES string of the molecule is COc1ccc(-c2cnc(C(=O)O)c(C)c2)cc1. The van der Waals surface area contributed by atoms with Gasteiger partial charge >= 0.3 is 5.97 Å². The predicted octanol–water partition coefficient (Wildman–Crippen LogP) is 2.76. The summed E-state index contributed by atoms with van der Waals surface area (Å²) in [6.07, 6.45) is 1.57. The normalized spacial score (nSPS) is 10.1. The van der Waals surface area contributed by atoms with Crippen molar-refractivity contribution in [3.05, 3.63) is 47.8 Å². The molecule has 0 bridgehead atoms. The number of aromatic nitrogens is 1. The molecule has 92 valence electrons. The molecule has 0 aliphatic rings. The van der Waals surface area contributed by atoms with E-state index in [9.17, 15) is 4.79 Å². The van der Waals surface area contributed by atoms with E-state index in [0.717, 1.165) is 16.9 Å². The van der Waals surface area contributed by atoms with E-state index in [1.165, 1.54) is 0 Å². The Morgan fingerprint density at radius 2 is 1.89 bits per heavy atom. The number of aromatic carboxylic acids is 1. The molecule has 0 saturated heterocycles. The molecule has 0 radical (unpaired) electrons. The molecule has 0 fully saturated rings. The number of pyridine rings is 1. The van der Waals surface area contributed by atoms with Gasteiger partial charge in [0, 0.05) is 11.8 Å². The van der Waals surface area contributed by atoms with Crippen LogP contribution in [0, 0.1) is 6.92 Å². The monoisotopic (exact) mass is 243 g/mol. The maximum atomic E-state index is 10.9. The van der Waals surface area contributed by atoms with Gasteiger partial charge in [-0.05, 0) is 36.2 Å². The van der Waals surface area contributed by atoms with Crippen molar-refractivity contribution in [3.63, 3.8) is 0 Å². The molecule has 0 saturated carbocycles. The number of nitrogens with zero attached hydrogens (tertiary/aromatic N) is 1. The highest BCUT2D eigenvalue weighted by Crippen LogP contribution is 2.23. The van der Waals surface area contributed by atoms with Gasteiger partial charge in [0.15, 0.2) is 5.69 Å².